The molecule has 2 N–H and O–H groups in total. The first-order chi connectivity index (χ1) is 8.70. The van der Waals surface area contributed by atoms with Gasteiger partial charge in [-0.15, -0.1) is 0 Å². The third-order valence-corrected chi connectivity index (χ3v) is 2.59. The molecule has 0 spiro atoms. The highest BCUT2D eigenvalue weighted by Gasteiger charge is 2.05. The van der Waals surface area contributed by atoms with Gasteiger partial charge >= 0.3 is 0 Å². The third kappa shape index (κ3) is 2.81. The molecule has 0 fully saturated rings. The van der Waals surface area contributed by atoms with Gasteiger partial charge < -0.3 is 5.32 Å². The maximum atomic E-state index is 12.8. The highest BCUT2D eigenvalue weighted by molar-refractivity contribution is 5.58. The Labute approximate surface area is 104 Å². The van der Waals surface area contributed by atoms with Crippen molar-refractivity contribution >= 4 is 0 Å². The molecule has 0 unspecified atom stereocenters. The molecule has 2 rings (SSSR count). The molecule has 0 aliphatic carbocycles. The van der Waals surface area contributed by atoms with Crippen molar-refractivity contribution in [2.45, 2.75) is 13.5 Å². The summed E-state index contributed by atoms with van der Waals surface area (Å²) >= 11 is 0. The zero-order valence-corrected chi connectivity index (χ0v) is 10.0. The predicted molar refractivity (Wildman–Crippen MR) is 67.6 cm³/mol. The smallest absolute Gasteiger partial charge is 0.268 e. The normalized spacial score (nSPS) is 10.6. The topological polar surface area (TPSA) is 57.8 Å². The molecule has 1 aromatic heterocycles. The zero-order valence-electron chi connectivity index (χ0n) is 10.0. The number of nitrogens with zero attached hydrogens (tertiary/aromatic N) is 1. The molecule has 94 valence electrons. The number of halogens is 1. The van der Waals surface area contributed by atoms with Gasteiger partial charge in [-0.05, 0) is 36.9 Å². The molecule has 0 bridgehead atoms. The van der Waals surface area contributed by atoms with E-state index in [4.69, 9.17) is 0 Å². The lowest BCUT2D eigenvalue weighted by molar-refractivity contribution is 0.628. The van der Waals surface area contributed by atoms with Crippen LogP contribution in [0.3, 0.4) is 0 Å². The zero-order chi connectivity index (χ0) is 13.0. The number of rotatable bonds is 4. The quantitative estimate of drug-likeness (QED) is 0.864. The highest BCUT2D eigenvalue weighted by Crippen LogP contribution is 2.16. The lowest BCUT2D eigenvalue weighted by Gasteiger charge is -2.04. The second-order valence-electron chi connectivity index (χ2n) is 3.89. The van der Waals surface area contributed by atoms with Gasteiger partial charge in [0.15, 0.2) is 0 Å². The van der Waals surface area contributed by atoms with Gasteiger partial charge in [0.2, 0.25) is 0 Å². The van der Waals surface area contributed by atoms with E-state index in [0.29, 0.717) is 17.8 Å². The summed E-state index contributed by atoms with van der Waals surface area (Å²) in [5.74, 6) is -0.295. The maximum Gasteiger partial charge on any atom is 0.268 e. The first-order valence-corrected chi connectivity index (χ1v) is 5.76. The van der Waals surface area contributed by atoms with Crippen LogP contribution in [0.4, 0.5) is 4.39 Å². The molecule has 5 heteroatoms. The summed E-state index contributed by atoms with van der Waals surface area (Å²) in [5.41, 5.74) is 1.81. The van der Waals surface area contributed by atoms with Gasteiger partial charge in [-0.3, -0.25) is 4.79 Å². The van der Waals surface area contributed by atoms with Crippen LogP contribution >= 0.6 is 0 Å². The van der Waals surface area contributed by atoms with Crippen LogP contribution in [0.2, 0.25) is 0 Å². The molecule has 4 nitrogen and oxygen atoms in total. The summed E-state index contributed by atoms with van der Waals surface area (Å²) in [5, 5.41) is 9.50. The molecule has 2 aromatic rings. The SMILES string of the molecule is CCNCc1cc(-c2ccc(F)cc2)n[nH]c1=O. The minimum Gasteiger partial charge on any atom is -0.313 e. The number of aromatic amines is 1. The number of nitrogens with one attached hydrogen (secondary N) is 2. The molecule has 0 atom stereocenters. The minimum atomic E-state index is -0.295. The van der Waals surface area contributed by atoms with E-state index in [0.717, 1.165) is 12.1 Å². The van der Waals surface area contributed by atoms with E-state index in [9.17, 15) is 9.18 Å². The minimum absolute atomic E-state index is 0.207. The van der Waals surface area contributed by atoms with Crippen molar-refractivity contribution in [1.82, 2.24) is 15.5 Å². The van der Waals surface area contributed by atoms with Crippen LogP contribution < -0.4 is 10.9 Å². The first-order valence-electron chi connectivity index (χ1n) is 5.76. The molecular weight excluding hydrogens is 233 g/mol. The lowest BCUT2D eigenvalue weighted by atomic mass is 10.1. The Morgan fingerprint density at radius 3 is 2.72 bits per heavy atom. The van der Waals surface area contributed by atoms with Gasteiger partial charge in [-0.25, -0.2) is 9.49 Å². The largest absolute Gasteiger partial charge is 0.313 e. The van der Waals surface area contributed by atoms with E-state index in [1.165, 1.54) is 12.1 Å². The van der Waals surface area contributed by atoms with Crippen molar-refractivity contribution in [1.29, 1.82) is 0 Å². The summed E-state index contributed by atoms with van der Waals surface area (Å²) in [6, 6.07) is 7.72. The van der Waals surface area contributed by atoms with Crippen LogP contribution in [0, 0.1) is 5.82 Å². The highest BCUT2D eigenvalue weighted by atomic mass is 19.1. The third-order valence-electron chi connectivity index (χ3n) is 2.59. The fourth-order valence-corrected chi connectivity index (χ4v) is 1.61. The number of H-pyrrole nitrogens is 1. The van der Waals surface area contributed by atoms with Crippen molar-refractivity contribution in [3.63, 3.8) is 0 Å². The van der Waals surface area contributed by atoms with Gasteiger partial charge in [0.1, 0.15) is 5.82 Å². The van der Waals surface area contributed by atoms with E-state index in [1.54, 1.807) is 18.2 Å². The van der Waals surface area contributed by atoms with E-state index in [-0.39, 0.29) is 11.4 Å². The van der Waals surface area contributed by atoms with Crippen LogP contribution in [-0.4, -0.2) is 16.7 Å². The first kappa shape index (κ1) is 12.4. The average Bonchev–Trinajstić information content (AvgIpc) is 2.39. The Kier molecular flexibility index (Phi) is 3.84. The van der Waals surface area contributed by atoms with Gasteiger partial charge in [0, 0.05) is 17.7 Å². The van der Waals surface area contributed by atoms with Crippen molar-refractivity contribution in [2.24, 2.45) is 0 Å². The fraction of sp³-hybridized carbons (Fsp3) is 0.231. The van der Waals surface area contributed by atoms with Gasteiger partial charge in [0.25, 0.3) is 5.56 Å². The molecule has 1 heterocycles. The van der Waals surface area contributed by atoms with Crippen LogP contribution in [0.1, 0.15) is 12.5 Å². The fourth-order valence-electron chi connectivity index (χ4n) is 1.61. The van der Waals surface area contributed by atoms with Crippen LogP contribution in [0.25, 0.3) is 11.3 Å². The Morgan fingerprint density at radius 2 is 2.06 bits per heavy atom. The van der Waals surface area contributed by atoms with Crippen LogP contribution in [0.5, 0.6) is 0 Å². The Balaban J connectivity index is 2.34. The van der Waals surface area contributed by atoms with Crippen LogP contribution in [0.15, 0.2) is 35.1 Å². The number of hydrogen-bond acceptors (Lipinski definition) is 3. The lowest BCUT2D eigenvalue weighted by Crippen LogP contribution is -2.21. The average molecular weight is 247 g/mol. The number of aromatic nitrogens is 2. The molecule has 1 aromatic carbocycles. The van der Waals surface area contributed by atoms with E-state index in [1.807, 2.05) is 6.92 Å². The van der Waals surface area contributed by atoms with Crippen LogP contribution in [-0.2, 0) is 6.54 Å². The van der Waals surface area contributed by atoms with Gasteiger partial charge in [-0.2, -0.15) is 5.10 Å². The Bertz CT molecular complexity index is 578. The molecule has 0 amide bonds. The molecule has 0 aliphatic heterocycles. The summed E-state index contributed by atoms with van der Waals surface area (Å²) in [4.78, 5) is 11.5. The molecular formula is C13H14FN3O. The van der Waals surface area contributed by atoms with Gasteiger partial charge in [-0.1, -0.05) is 6.92 Å². The molecule has 0 saturated heterocycles. The van der Waals surface area contributed by atoms with Crippen molar-refractivity contribution in [2.75, 3.05) is 6.54 Å². The number of benzene rings is 1. The maximum absolute atomic E-state index is 12.8. The van der Waals surface area contributed by atoms with E-state index in [2.05, 4.69) is 15.5 Å². The second kappa shape index (κ2) is 5.55. The molecule has 0 radical (unpaired) electrons. The Hall–Kier alpha value is -2.01. The van der Waals surface area contributed by atoms with Gasteiger partial charge in [0.05, 0.1) is 5.69 Å². The van der Waals surface area contributed by atoms with Crippen molar-refractivity contribution in [3.8, 4) is 11.3 Å². The standard InChI is InChI=1S/C13H14FN3O/c1-2-15-8-10-7-12(16-17-13(10)18)9-3-5-11(14)6-4-9/h3-7,15H,2,8H2,1H3,(H,17,18). The summed E-state index contributed by atoms with van der Waals surface area (Å²) in [6.07, 6.45) is 0. The summed E-state index contributed by atoms with van der Waals surface area (Å²) in [7, 11) is 0. The molecule has 0 saturated carbocycles. The number of hydrogen-bond donors (Lipinski definition) is 2. The van der Waals surface area contributed by atoms with E-state index >= 15 is 0 Å². The molecule has 18 heavy (non-hydrogen) atoms. The predicted octanol–water partition coefficient (Wildman–Crippen LogP) is 1.69. The summed E-state index contributed by atoms with van der Waals surface area (Å²) in [6.45, 7) is 3.24. The van der Waals surface area contributed by atoms with E-state index < -0.39 is 0 Å². The van der Waals surface area contributed by atoms with Crippen molar-refractivity contribution in [3.05, 3.63) is 52.1 Å². The monoisotopic (exact) mass is 247 g/mol. The Morgan fingerprint density at radius 1 is 1.33 bits per heavy atom. The second-order valence-corrected chi connectivity index (χ2v) is 3.89. The van der Waals surface area contributed by atoms with Crippen molar-refractivity contribution < 1.29 is 4.39 Å². The summed E-state index contributed by atoms with van der Waals surface area (Å²) < 4.78 is 12.8. The molecule has 0 aliphatic rings.